The van der Waals surface area contributed by atoms with Crippen molar-refractivity contribution in [2.24, 2.45) is 0 Å². The minimum Gasteiger partial charge on any atom is -0.338 e. The first kappa shape index (κ1) is 25.2. The number of carbonyl (C=O) groups is 3. The number of amides is 4. The molecule has 0 aromatic heterocycles. The summed E-state index contributed by atoms with van der Waals surface area (Å²) >= 11 is 5.96. The number of piperazine rings is 1. The third-order valence-electron chi connectivity index (χ3n) is 6.59. The van der Waals surface area contributed by atoms with Crippen LogP contribution >= 0.6 is 11.6 Å². The Morgan fingerprint density at radius 3 is 2.17 bits per heavy atom. The number of hydrogen-bond acceptors (Lipinski definition) is 5. The highest BCUT2D eigenvalue weighted by atomic mass is 35.5. The minimum absolute atomic E-state index is 0.131. The molecule has 1 atom stereocenters. The second-order valence-corrected chi connectivity index (χ2v) is 11.1. The molecular formula is C24H27ClN4O5S. The van der Waals surface area contributed by atoms with Gasteiger partial charge >= 0.3 is 6.03 Å². The second kappa shape index (κ2) is 9.60. The monoisotopic (exact) mass is 518 g/mol. The number of benzene rings is 2. The zero-order chi connectivity index (χ0) is 25.4. The molecule has 9 nitrogen and oxygen atoms in total. The van der Waals surface area contributed by atoms with Crippen molar-refractivity contribution in [1.29, 1.82) is 0 Å². The van der Waals surface area contributed by atoms with E-state index >= 15 is 0 Å². The number of imide groups is 1. The molecule has 4 rings (SSSR count). The van der Waals surface area contributed by atoms with Crippen molar-refractivity contribution in [2.45, 2.75) is 30.7 Å². The van der Waals surface area contributed by atoms with Crippen LogP contribution in [0.25, 0.3) is 0 Å². The molecule has 1 N–H and O–H groups in total. The highest BCUT2D eigenvalue weighted by molar-refractivity contribution is 7.89. The lowest BCUT2D eigenvalue weighted by atomic mass is 9.87. The molecule has 11 heteroatoms. The van der Waals surface area contributed by atoms with Gasteiger partial charge in [-0.3, -0.25) is 14.5 Å². The van der Waals surface area contributed by atoms with E-state index in [0.29, 0.717) is 17.0 Å². The summed E-state index contributed by atoms with van der Waals surface area (Å²) in [6, 6.07) is 12.6. The summed E-state index contributed by atoms with van der Waals surface area (Å²) in [5.41, 5.74) is 0.290. The Bertz CT molecular complexity index is 1240. The SMILES string of the molecule is CC[C@@]1(c2ccc(Cl)cc2)NC(=O)N(CC(=O)N2CCN(S(=O)(=O)c3ccc(C)cc3)CC2)C1=O. The van der Waals surface area contributed by atoms with Gasteiger partial charge in [0.2, 0.25) is 15.9 Å². The summed E-state index contributed by atoms with van der Waals surface area (Å²) in [4.78, 5) is 41.6. The van der Waals surface area contributed by atoms with Crippen LogP contribution in [-0.2, 0) is 25.2 Å². The van der Waals surface area contributed by atoms with Gasteiger partial charge in [0.05, 0.1) is 4.90 Å². The fourth-order valence-corrected chi connectivity index (χ4v) is 5.96. The van der Waals surface area contributed by atoms with Crippen LogP contribution in [0.1, 0.15) is 24.5 Å². The summed E-state index contributed by atoms with van der Waals surface area (Å²) in [6.45, 7) is 3.85. The Hall–Kier alpha value is -2.95. The van der Waals surface area contributed by atoms with Gasteiger partial charge in [-0.1, -0.05) is 48.4 Å². The predicted molar refractivity (Wildman–Crippen MR) is 130 cm³/mol. The summed E-state index contributed by atoms with van der Waals surface area (Å²) in [5.74, 6) is -0.912. The quantitative estimate of drug-likeness (QED) is 0.591. The van der Waals surface area contributed by atoms with Gasteiger partial charge in [-0.15, -0.1) is 0 Å². The fourth-order valence-electron chi connectivity index (χ4n) is 4.42. The van der Waals surface area contributed by atoms with Crippen molar-refractivity contribution in [3.8, 4) is 0 Å². The van der Waals surface area contributed by atoms with Crippen molar-refractivity contribution in [3.05, 3.63) is 64.7 Å². The van der Waals surface area contributed by atoms with E-state index < -0.39 is 40.0 Å². The molecule has 2 heterocycles. The molecule has 0 radical (unpaired) electrons. The van der Waals surface area contributed by atoms with Crippen LogP contribution in [0.5, 0.6) is 0 Å². The lowest BCUT2D eigenvalue weighted by molar-refractivity contribution is -0.139. The molecule has 0 saturated carbocycles. The molecule has 0 aliphatic carbocycles. The Morgan fingerprint density at radius 1 is 1.00 bits per heavy atom. The molecule has 4 amide bonds. The summed E-state index contributed by atoms with van der Waals surface area (Å²) in [7, 11) is -3.66. The van der Waals surface area contributed by atoms with Gasteiger partial charge in [-0.25, -0.2) is 13.2 Å². The van der Waals surface area contributed by atoms with Crippen molar-refractivity contribution in [1.82, 2.24) is 19.4 Å². The Balaban J connectivity index is 1.41. The second-order valence-electron chi connectivity index (χ2n) is 8.69. The van der Waals surface area contributed by atoms with E-state index in [-0.39, 0.29) is 31.1 Å². The van der Waals surface area contributed by atoms with Gasteiger partial charge in [-0.2, -0.15) is 4.31 Å². The van der Waals surface area contributed by atoms with E-state index in [9.17, 15) is 22.8 Å². The third kappa shape index (κ3) is 4.65. The van der Waals surface area contributed by atoms with Crippen LogP contribution in [0.4, 0.5) is 4.79 Å². The molecule has 35 heavy (non-hydrogen) atoms. The van der Waals surface area contributed by atoms with Gasteiger partial charge in [0.15, 0.2) is 0 Å². The maximum Gasteiger partial charge on any atom is 0.325 e. The summed E-state index contributed by atoms with van der Waals surface area (Å²) in [5, 5.41) is 3.25. The van der Waals surface area contributed by atoms with Crippen molar-refractivity contribution < 1.29 is 22.8 Å². The van der Waals surface area contributed by atoms with Crippen LogP contribution in [0.3, 0.4) is 0 Å². The van der Waals surface area contributed by atoms with Crippen molar-refractivity contribution >= 4 is 39.5 Å². The lowest BCUT2D eigenvalue weighted by Gasteiger charge is -2.34. The van der Waals surface area contributed by atoms with Crippen LogP contribution < -0.4 is 5.32 Å². The Morgan fingerprint density at radius 2 is 1.60 bits per heavy atom. The average Bonchev–Trinajstić information content (AvgIpc) is 3.10. The smallest absolute Gasteiger partial charge is 0.325 e. The molecular weight excluding hydrogens is 492 g/mol. The Kier molecular flexibility index (Phi) is 6.90. The molecule has 0 spiro atoms. The van der Waals surface area contributed by atoms with E-state index in [2.05, 4.69) is 5.32 Å². The average molecular weight is 519 g/mol. The minimum atomic E-state index is -3.66. The predicted octanol–water partition coefficient (Wildman–Crippen LogP) is 2.34. The van der Waals surface area contributed by atoms with Crippen molar-refractivity contribution in [2.75, 3.05) is 32.7 Å². The topological polar surface area (TPSA) is 107 Å². The zero-order valence-electron chi connectivity index (χ0n) is 19.5. The first-order valence-electron chi connectivity index (χ1n) is 11.3. The maximum atomic E-state index is 13.3. The zero-order valence-corrected chi connectivity index (χ0v) is 21.1. The van der Waals surface area contributed by atoms with Crippen LogP contribution in [0, 0.1) is 6.92 Å². The van der Waals surface area contributed by atoms with Crippen molar-refractivity contribution in [3.63, 3.8) is 0 Å². The van der Waals surface area contributed by atoms with Gasteiger partial charge in [0.25, 0.3) is 5.91 Å². The maximum absolute atomic E-state index is 13.3. The lowest BCUT2D eigenvalue weighted by Crippen LogP contribution is -2.53. The number of nitrogens with zero attached hydrogens (tertiary/aromatic N) is 3. The summed E-state index contributed by atoms with van der Waals surface area (Å²) < 4.78 is 27.2. The van der Waals surface area contributed by atoms with Gasteiger partial charge in [-0.05, 0) is 43.2 Å². The normalized spacial score (nSPS) is 21.3. The van der Waals surface area contributed by atoms with E-state index in [0.717, 1.165) is 10.5 Å². The largest absolute Gasteiger partial charge is 0.338 e. The van der Waals surface area contributed by atoms with Crippen LogP contribution in [0.2, 0.25) is 5.02 Å². The number of carbonyl (C=O) groups excluding carboxylic acids is 3. The van der Waals surface area contributed by atoms with E-state index in [4.69, 9.17) is 11.6 Å². The first-order valence-corrected chi connectivity index (χ1v) is 13.1. The van der Waals surface area contributed by atoms with E-state index in [1.165, 1.54) is 9.21 Å². The molecule has 0 bridgehead atoms. The first-order chi connectivity index (χ1) is 16.6. The summed E-state index contributed by atoms with van der Waals surface area (Å²) in [6.07, 6.45) is 0.305. The van der Waals surface area contributed by atoms with Gasteiger partial charge < -0.3 is 10.2 Å². The molecule has 2 aliphatic rings. The fraction of sp³-hybridized carbons (Fsp3) is 0.375. The number of halogens is 1. The number of hydrogen-bond donors (Lipinski definition) is 1. The molecule has 2 saturated heterocycles. The van der Waals surface area contributed by atoms with Crippen LogP contribution in [0.15, 0.2) is 53.4 Å². The molecule has 186 valence electrons. The number of rotatable bonds is 6. The van der Waals surface area contributed by atoms with E-state index in [1.807, 2.05) is 6.92 Å². The highest BCUT2D eigenvalue weighted by Crippen LogP contribution is 2.33. The highest BCUT2D eigenvalue weighted by Gasteiger charge is 2.52. The molecule has 2 aromatic carbocycles. The number of sulfonamides is 1. The van der Waals surface area contributed by atoms with Gasteiger partial charge in [0.1, 0.15) is 12.1 Å². The van der Waals surface area contributed by atoms with Crippen LogP contribution in [-0.4, -0.2) is 73.1 Å². The number of nitrogens with one attached hydrogen (secondary N) is 1. The van der Waals surface area contributed by atoms with E-state index in [1.54, 1.807) is 55.5 Å². The number of aryl methyl sites for hydroxylation is 1. The Labute approximate surface area is 209 Å². The molecule has 0 unspecified atom stereocenters. The standard InChI is InChI=1S/C24H27ClN4O5S/c1-3-24(18-6-8-19(25)9-7-18)22(31)29(23(32)26-24)16-21(30)27-12-14-28(15-13-27)35(33,34)20-10-4-17(2)5-11-20/h4-11H,3,12-16H2,1-2H3,(H,26,32)/t24-/m0/s1. The third-order valence-corrected chi connectivity index (χ3v) is 8.75. The molecule has 2 aliphatic heterocycles. The number of urea groups is 1. The molecule has 2 aromatic rings. The molecule has 2 fully saturated rings. The van der Waals surface area contributed by atoms with Gasteiger partial charge in [0, 0.05) is 31.2 Å².